The Balaban J connectivity index is 1.81. The molecule has 0 radical (unpaired) electrons. The fraction of sp³-hybridized carbons (Fsp3) is 0.0625. The lowest BCUT2D eigenvalue weighted by atomic mass is 10.2. The Kier molecular flexibility index (Phi) is 4.99. The summed E-state index contributed by atoms with van der Waals surface area (Å²) >= 11 is 13.0. The normalized spacial score (nSPS) is 10.5. The molecule has 0 aliphatic carbocycles. The highest BCUT2D eigenvalue weighted by Crippen LogP contribution is 2.33. The number of hydrogen-bond acceptors (Lipinski definition) is 5. The topological polar surface area (TPSA) is 64.1 Å². The second kappa shape index (κ2) is 7.17. The van der Waals surface area contributed by atoms with Crippen molar-refractivity contribution in [1.29, 1.82) is 0 Å². The molecular formula is C16H11Cl2N3O2S. The first kappa shape index (κ1) is 16.7. The van der Waals surface area contributed by atoms with Crippen molar-refractivity contribution in [3.63, 3.8) is 0 Å². The predicted molar refractivity (Wildman–Crippen MR) is 96.3 cm³/mol. The van der Waals surface area contributed by atoms with Crippen LogP contribution in [0, 0.1) is 0 Å². The fourth-order valence-corrected chi connectivity index (χ4v) is 3.08. The zero-order valence-electron chi connectivity index (χ0n) is 12.4. The van der Waals surface area contributed by atoms with E-state index in [-0.39, 0.29) is 5.91 Å². The van der Waals surface area contributed by atoms with Crippen molar-refractivity contribution in [2.45, 2.75) is 0 Å². The van der Waals surface area contributed by atoms with E-state index in [4.69, 9.17) is 27.9 Å². The van der Waals surface area contributed by atoms with Crippen LogP contribution in [0.1, 0.15) is 10.4 Å². The van der Waals surface area contributed by atoms with Crippen molar-refractivity contribution < 1.29 is 9.53 Å². The third kappa shape index (κ3) is 3.51. The lowest BCUT2D eigenvalue weighted by molar-refractivity contribution is 0.102. The molecule has 3 aromatic rings. The van der Waals surface area contributed by atoms with Crippen LogP contribution < -0.4 is 10.1 Å². The summed E-state index contributed by atoms with van der Waals surface area (Å²) in [6.07, 6.45) is 0. The van der Waals surface area contributed by atoms with Crippen molar-refractivity contribution in [3.8, 4) is 16.3 Å². The molecule has 1 amide bonds. The maximum Gasteiger partial charge on any atom is 0.257 e. The molecule has 122 valence electrons. The predicted octanol–water partition coefficient (Wildman–Crippen LogP) is 4.77. The van der Waals surface area contributed by atoms with Crippen LogP contribution in [0.15, 0.2) is 42.5 Å². The van der Waals surface area contributed by atoms with E-state index in [1.54, 1.807) is 19.2 Å². The van der Waals surface area contributed by atoms with E-state index < -0.39 is 0 Å². The number of amides is 1. The average Bonchev–Trinajstić information content (AvgIpc) is 3.05. The van der Waals surface area contributed by atoms with Crippen molar-refractivity contribution in [1.82, 2.24) is 10.2 Å². The summed E-state index contributed by atoms with van der Waals surface area (Å²) in [5.41, 5.74) is 1.20. The average molecular weight is 380 g/mol. The molecule has 5 nitrogen and oxygen atoms in total. The Hall–Kier alpha value is -2.15. The third-order valence-electron chi connectivity index (χ3n) is 3.16. The Morgan fingerprint density at radius 3 is 2.67 bits per heavy atom. The minimum Gasteiger partial charge on any atom is -0.496 e. The maximum absolute atomic E-state index is 12.2. The maximum atomic E-state index is 12.2. The zero-order chi connectivity index (χ0) is 17.1. The van der Waals surface area contributed by atoms with Crippen LogP contribution in [-0.2, 0) is 0 Å². The van der Waals surface area contributed by atoms with Gasteiger partial charge < -0.3 is 4.74 Å². The number of aromatic nitrogens is 2. The molecular weight excluding hydrogens is 369 g/mol. The van der Waals surface area contributed by atoms with Crippen LogP contribution in [0.3, 0.4) is 0 Å². The lowest BCUT2D eigenvalue weighted by Crippen LogP contribution is -2.11. The summed E-state index contributed by atoms with van der Waals surface area (Å²) in [4.78, 5) is 12.2. The quantitative estimate of drug-likeness (QED) is 0.708. The van der Waals surface area contributed by atoms with Crippen LogP contribution in [0.25, 0.3) is 10.6 Å². The second-order valence-electron chi connectivity index (χ2n) is 4.70. The van der Waals surface area contributed by atoms with E-state index in [1.165, 1.54) is 17.4 Å². The summed E-state index contributed by atoms with van der Waals surface area (Å²) in [5.74, 6) is 0.354. The first-order valence-corrected chi connectivity index (χ1v) is 8.39. The number of carbonyl (C=O) groups is 1. The van der Waals surface area contributed by atoms with Gasteiger partial charge in [-0.3, -0.25) is 10.1 Å². The van der Waals surface area contributed by atoms with Crippen molar-refractivity contribution >= 4 is 45.6 Å². The minimum absolute atomic E-state index is 0.316. The lowest BCUT2D eigenvalue weighted by Gasteiger charge is -2.04. The molecule has 0 unspecified atom stereocenters. The number of rotatable bonds is 4. The molecule has 0 fully saturated rings. The molecule has 0 atom stereocenters. The van der Waals surface area contributed by atoms with Gasteiger partial charge >= 0.3 is 0 Å². The summed E-state index contributed by atoms with van der Waals surface area (Å²) in [6, 6.07) is 12.1. The standard InChI is InChI=1S/C16H11Cl2N3O2S/c1-23-13-5-3-2-4-10(13)15-20-21-16(24-15)19-14(22)9-6-7-11(17)12(18)8-9/h2-8H,1H3,(H,19,21,22). The number of methoxy groups -OCH3 is 1. The third-order valence-corrected chi connectivity index (χ3v) is 4.78. The number of nitrogens with one attached hydrogen (secondary N) is 1. The van der Waals surface area contributed by atoms with Gasteiger partial charge in [0.1, 0.15) is 5.75 Å². The number of benzene rings is 2. The van der Waals surface area contributed by atoms with Gasteiger partial charge in [-0.25, -0.2) is 0 Å². The van der Waals surface area contributed by atoms with Gasteiger partial charge in [-0.1, -0.05) is 46.7 Å². The molecule has 0 aliphatic rings. The summed E-state index contributed by atoms with van der Waals surface area (Å²) in [5, 5.41) is 12.5. The molecule has 0 bridgehead atoms. The van der Waals surface area contributed by atoms with Gasteiger partial charge in [-0.05, 0) is 30.3 Å². The SMILES string of the molecule is COc1ccccc1-c1nnc(NC(=O)c2ccc(Cl)c(Cl)c2)s1. The van der Waals surface area contributed by atoms with Crippen LogP contribution in [-0.4, -0.2) is 23.2 Å². The highest BCUT2D eigenvalue weighted by atomic mass is 35.5. The van der Waals surface area contributed by atoms with Crippen molar-refractivity contribution in [2.24, 2.45) is 0 Å². The molecule has 0 aliphatic heterocycles. The molecule has 3 rings (SSSR count). The van der Waals surface area contributed by atoms with E-state index >= 15 is 0 Å². The van der Waals surface area contributed by atoms with Crippen LogP contribution in [0.4, 0.5) is 5.13 Å². The van der Waals surface area contributed by atoms with Gasteiger partial charge in [0.05, 0.1) is 22.7 Å². The molecule has 0 spiro atoms. The van der Waals surface area contributed by atoms with E-state index in [0.29, 0.717) is 31.5 Å². The van der Waals surface area contributed by atoms with Gasteiger partial charge in [0.15, 0.2) is 5.01 Å². The highest BCUT2D eigenvalue weighted by molar-refractivity contribution is 7.18. The van der Waals surface area contributed by atoms with E-state index in [2.05, 4.69) is 15.5 Å². The second-order valence-corrected chi connectivity index (χ2v) is 6.49. The molecule has 1 heterocycles. The van der Waals surface area contributed by atoms with Crippen LogP contribution >= 0.6 is 34.5 Å². The van der Waals surface area contributed by atoms with Crippen LogP contribution in [0.2, 0.25) is 10.0 Å². The highest BCUT2D eigenvalue weighted by Gasteiger charge is 2.14. The number of carbonyl (C=O) groups excluding carboxylic acids is 1. The Bertz CT molecular complexity index is 899. The van der Waals surface area contributed by atoms with Gasteiger partial charge in [0.25, 0.3) is 5.91 Å². The number of nitrogens with zero attached hydrogens (tertiary/aromatic N) is 2. The van der Waals surface area contributed by atoms with Crippen molar-refractivity contribution in [2.75, 3.05) is 12.4 Å². The fourth-order valence-electron chi connectivity index (χ4n) is 2.01. The molecule has 24 heavy (non-hydrogen) atoms. The Morgan fingerprint density at radius 1 is 1.12 bits per heavy atom. The number of para-hydroxylation sites is 1. The van der Waals surface area contributed by atoms with Gasteiger partial charge in [-0.15, -0.1) is 10.2 Å². The van der Waals surface area contributed by atoms with Gasteiger partial charge in [0.2, 0.25) is 5.13 Å². The number of anilines is 1. The summed E-state index contributed by atoms with van der Waals surface area (Å²) < 4.78 is 5.31. The van der Waals surface area contributed by atoms with E-state index in [1.807, 2.05) is 24.3 Å². The molecule has 1 aromatic heterocycles. The smallest absolute Gasteiger partial charge is 0.257 e. The van der Waals surface area contributed by atoms with Gasteiger partial charge in [0, 0.05) is 5.56 Å². The molecule has 8 heteroatoms. The first-order valence-electron chi connectivity index (χ1n) is 6.82. The van der Waals surface area contributed by atoms with E-state index in [9.17, 15) is 4.79 Å². The first-order chi connectivity index (χ1) is 11.6. The van der Waals surface area contributed by atoms with E-state index in [0.717, 1.165) is 5.56 Å². The molecule has 0 saturated carbocycles. The zero-order valence-corrected chi connectivity index (χ0v) is 14.7. The molecule has 2 aromatic carbocycles. The summed E-state index contributed by atoms with van der Waals surface area (Å²) in [7, 11) is 1.59. The van der Waals surface area contributed by atoms with Crippen molar-refractivity contribution in [3.05, 3.63) is 58.1 Å². The van der Waals surface area contributed by atoms with Gasteiger partial charge in [-0.2, -0.15) is 0 Å². The van der Waals surface area contributed by atoms with Crippen LogP contribution in [0.5, 0.6) is 5.75 Å². The Labute approximate surface area is 152 Å². The number of ether oxygens (including phenoxy) is 1. The number of halogens is 2. The monoisotopic (exact) mass is 379 g/mol. The largest absolute Gasteiger partial charge is 0.496 e. The molecule has 0 saturated heterocycles. The number of hydrogen-bond donors (Lipinski definition) is 1. The molecule has 1 N–H and O–H groups in total. The Morgan fingerprint density at radius 2 is 1.92 bits per heavy atom. The summed E-state index contributed by atoms with van der Waals surface area (Å²) in [6.45, 7) is 0. The minimum atomic E-state index is -0.337.